The number of thioether (sulfide) groups is 1. The fourth-order valence-electron chi connectivity index (χ4n) is 2.85. The number of carbonyl (C=O) groups is 1. The summed E-state index contributed by atoms with van der Waals surface area (Å²) in [4.78, 5) is 15.1. The first-order valence-electron chi connectivity index (χ1n) is 9.58. The highest BCUT2D eigenvalue weighted by atomic mass is 32.2. The van der Waals surface area contributed by atoms with E-state index in [0.717, 1.165) is 11.3 Å². The fourth-order valence-corrected chi connectivity index (χ4v) is 4.15. The Hall–Kier alpha value is -2.77. The number of carbonyl (C=O) groups excluding carboxylic acids is 1. The quantitative estimate of drug-likeness (QED) is 0.293. The van der Waals surface area contributed by atoms with Crippen molar-refractivity contribution in [2.24, 2.45) is 0 Å². The molecule has 0 saturated carbocycles. The van der Waals surface area contributed by atoms with Gasteiger partial charge in [0.15, 0.2) is 15.8 Å². The van der Waals surface area contributed by atoms with E-state index in [1.165, 1.54) is 16.7 Å². The van der Waals surface area contributed by atoms with E-state index in [9.17, 15) is 4.79 Å². The molecule has 0 radical (unpaired) electrons. The molecule has 0 aromatic heterocycles. The topological polar surface area (TPSA) is 48.0 Å². The molecule has 0 aliphatic carbocycles. The zero-order valence-corrected chi connectivity index (χ0v) is 18.6. The lowest BCUT2D eigenvalue weighted by molar-refractivity contribution is -0.113. The molecule has 1 heterocycles. The molecule has 0 spiro atoms. The van der Waals surface area contributed by atoms with Crippen molar-refractivity contribution in [2.75, 3.05) is 24.7 Å². The molecule has 30 heavy (non-hydrogen) atoms. The predicted molar refractivity (Wildman–Crippen MR) is 127 cm³/mol. The van der Waals surface area contributed by atoms with Gasteiger partial charge in [-0.25, -0.2) is 0 Å². The van der Waals surface area contributed by atoms with E-state index in [1.807, 2.05) is 62.4 Å². The second-order valence-corrected chi connectivity index (χ2v) is 7.86. The second-order valence-electron chi connectivity index (χ2n) is 6.18. The van der Waals surface area contributed by atoms with Crippen molar-refractivity contribution in [3.05, 3.63) is 65.6 Å². The zero-order valence-electron chi connectivity index (χ0n) is 16.9. The number of hydrogen-bond donors (Lipinski definition) is 0. The van der Waals surface area contributed by atoms with Crippen LogP contribution in [0.15, 0.2) is 60.0 Å². The van der Waals surface area contributed by atoms with Crippen LogP contribution in [0, 0.1) is 0 Å². The van der Waals surface area contributed by atoms with E-state index in [2.05, 4.69) is 6.58 Å². The number of ether oxygens (including phenoxy) is 3. The minimum absolute atomic E-state index is 0.154. The summed E-state index contributed by atoms with van der Waals surface area (Å²) < 4.78 is 17.3. The van der Waals surface area contributed by atoms with Gasteiger partial charge in [-0.3, -0.25) is 9.69 Å². The Labute approximate surface area is 186 Å². The number of nitrogens with zero attached hydrogens (tertiary/aromatic N) is 1. The second kappa shape index (κ2) is 10.3. The number of rotatable bonds is 9. The summed E-state index contributed by atoms with van der Waals surface area (Å²) in [5, 5.41) is 0. The molecule has 0 bridgehead atoms. The molecule has 1 amide bonds. The highest BCUT2D eigenvalue weighted by Gasteiger charge is 2.33. The van der Waals surface area contributed by atoms with Gasteiger partial charge in [-0.15, -0.1) is 0 Å². The van der Waals surface area contributed by atoms with Crippen LogP contribution < -0.4 is 19.1 Å². The van der Waals surface area contributed by atoms with Gasteiger partial charge in [0.05, 0.1) is 23.8 Å². The monoisotopic (exact) mass is 441 g/mol. The van der Waals surface area contributed by atoms with Crippen LogP contribution in [0.5, 0.6) is 17.2 Å². The summed E-state index contributed by atoms with van der Waals surface area (Å²) in [6, 6.07) is 12.9. The predicted octanol–water partition coefficient (Wildman–Crippen LogP) is 5.45. The van der Waals surface area contributed by atoms with Crippen molar-refractivity contribution < 1.29 is 19.0 Å². The standard InChI is InChI=1S/C23H23NO4S2/c1-4-13-28-19-12-7-16(14-20(19)27-6-3)15-21-22(25)24(23(29)30-21)17-8-10-18(11-9-17)26-5-2/h4,7-12,14-15H,1,5-6,13H2,2-3H3/b21-15+. The van der Waals surface area contributed by atoms with Gasteiger partial charge in [-0.05, 0) is 61.9 Å². The van der Waals surface area contributed by atoms with Crippen LogP contribution >= 0.6 is 24.0 Å². The number of benzene rings is 2. The third kappa shape index (κ3) is 5.04. The van der Waals surface area contributed by atoms with Gasteiger partial charge in [0.25, 0.3) is 5.91 Å². The van der Waals surface area contributed by atoms with Crippen molar-refractivity contribution >= 4 is 46.0 Å². The summed E-state index contributed by atoms with van der Waals surface area (Å²) in [7, 11) is 0. The van der Waals surface area contributed by atoms with Crippen molar-refractivity contribution in [3.8, 4) is 17.2 Å². The Morgan fingerprint density at radius 1 is 1.03 bits per heavy atom. The Kier molecular flexibility index (Phi) is 7.54. The molecule has 1 aliphatic heterocycles. The highest BCUT2D eigenvalue weighted by Crippen LogP contribution is 2.37. The van der Waals surface area contributed by atoms with Gasteiger partial charge in [-0.2, -0.15) is 0 Å². The van der Waals surface area contributed by atoms with Crippen LogP contribution in [0.4, 0.5) is 5.69 Å². The van der Waals surface area contributed by atoms with E-state index in [1.54, 1.807) is 6.08 Å². The maximum Gasteiger partial charge on any atom is 0.270 e. The molecule has 156 valence electrons. The van der Waals surface area contributed by atoms with Gasteiger partial charge in [0.2, 0.25) is 0 Å². The number of hydrogen-bond acceptors (Lipinski definition) is 6. The molecule has 0 unspecified atom stereocenters. The Morgan fingerprint density at radius 2 is 1.77 bits per heavy atom. The SMILES string of the molecule is C=CCOc1ccc(/C=C2/SC(=S)N(c3ccc(OCC)cc3)C2=O)cc1OCC. The van der Waals surface area contributed by atoms with Gasteiger partial charge in [-0.1, -0.05) is 42.7 Å². The maximum absolute atomic E-state index is 13.0. The molecule has 1 aliphatic rings. The van der Waals surface area contributed by atoms with Crippen molar-refractivity contribution in [2.45, 2.75) is 13.8 Å². The van der Waals surface area contributed by atoms with E-state index in [4.69, 9.17) is 26.4 Å². The van der Waals surface area contributed by atoms with Gasteiger partial charge in [0.1, 0.15) is 12.4 Å². The molecule has 0 atom stereocenters. The lowest BCUT2D eigenvalue weighted by Gasteiger charge is -2.15. The van der Waals surface area contributed by atoms with E-state index < -0.39 is 0 Å². The lowest BCUT2D eigenvalue weighted by atomic mass is 10.1. The molecule has 0 N–H and O–H groups in total. The summed E-state index contributed by atoms with van der Waals surface area (Å²) in [5.41, 5.74) is 1.55. The number of amides is 1. The van der Waals surface area contributed by atoms with Gasteiger partial charge in [0, 0.05) is 0 Å². The first kappa shape index (κ1) is 21.9. The smallest absolute Gasteiger partial charge is 0.270 e. The van der Waals surface area contributed by atoms with Crippen molar-refractivity contribution in [1.29, 1.82) is 0 Å². The van der Waals surface area contributed by atoms with E-state index in [-0.39, 0.29) is 5.91 Å². The van der Waals surface area contributed by atoms with Crippen molar-refractivity contribution in [3.63, 3.8) is 0 Å². The number of anilines is 1. The molecule has 2 aromatic rings. The van der Waals surface area contributed by atoms with Crippen molar-refractivity contribution in [1.82, 2.24) is 0 Å². The van der Waals surface area contributed by atoms with Crippen LogP contribution in [0.3, 0.4) is 0 Å². The third-order valence-electron chi connectivity index (χ3n) is 4.12. The van der Waals surface area contributed by atoms with E-state index >= 15 is 0 Å². The first-order chi connectivity index (χ1) is 14.6. The normalized spacial score (nSPS) is 14.9. The van der Waals surface area contributed by atoms with E-state index in [0.29, 0.717) is 46.2 Å². The molecule has 3 rings (SSSR count). The average molecular weight is 442 g/mol. The largest absolute Gasteiger partial charge is 0.494 e. The minimum atomic E-state index is -0.154. The van der Waals surface area contributed by atoms with Crippen LogP contribution in [0.25, 0.3) is 6.08 Å². The summed E-state index contributed by atoms with van der Waals surface area (Å²) in [6.07, 6.45) is 3.49. The van der Waals surface area contributed by atoms with Crippen LogP contribution in [0.1, 0.15) is 19.4 Å². The lowest BCUT2D eigenvalue weighted by Crippen LogP contribution is -2.27. The Balaban J connectivity index is 1.84. The first-order valence-corrected chi connectivity index (χ1v) is 10.8. The van der Waals surface area contributed by atoms with Crippen LogP contribution in [-0.2, 0) is 4.79 Å². The third-order valence-corrected chi connectivity index (χ3v) is 5.42. The molecule has 2 aromatic carbocycles. The van der Waals surface area contributed by atoms with Crippen LogP contribution in [0.2, 0.25) is 0 Å². The average Bonchev–Trinajstić information content (AvgIpc) is 3.01. The molecule has 7 heteroatoms. The fraction of sp³-hybridized carbons (Fsp3) is 0.217. The molecular formula is C23H23NO4S2. The zero-order chi connectivity index (χ0) is 21.5. The van der Waals surface area contributed by atoms with Gasteiger partial charge >= 0.3 is 0 Å². The summed E-state index contributed by atoms with van der Waals surface area (Å²) >= 11 is 6.73. The summed E-state index contributed by atoms with van der Waals surface area (Å²) in [5.74, 6) is 1.86. The highest BCUT2D eigenvalue weighted by molar-refractivity contribution is 8.27. The summed E-state index contributed by atoms with van der Waals surface area (Å²) in [6.45, 7) is 8.98. The number of thiocarbonyl (C=S) groups is 1. The van der Waals surface area contributed by atoms with Gasteiger partial charge < -0.3 is 14.2 Å². The minimum Gasteiger partial charge on any atom is -0.494 e. The Bertz CT molecular complexity index is 970. The molecule has 1 saturated heterocycles. The molecular weight excluding hydrogens is 418 g/mol. The maximum atomic E-state index is 13.0. The van der Waals surface area contributed by atoms with Crippen LogP contribution in [-0.4, -0.2) is 30.0 Å². The Morgan fingerprint density at radius 3 is 2.43 bits per heavy atom. The molecule has 1 fully saturated rings. The molecule has 5 nitrogen and oxygen atoms in total.